The van der Waals surface area contributed by atoms with Crippen molar-refractivity contribution in [3.63, 3.8) is 0 Å². The molecule has 178 valence electrons. The Kier molecular flexibility index (Phi) is 6.33. The fourth-order valence-corrected chi connectivity index (χ4v) is 3.78. The van der Waals surface area contributed by atoms with E-state index in [1.807, 2.05) is 19.1 Å². The summed E-state index contributed by atoms with van der Waals surface area (Å²) in [5.74, 6) is -2.09. The van der Waals surface area contributed by atoms with E-state index in [2.05, 4.69) is 10.3 Å². The van der Waals surface area contributed by atoms with Gasteiger partial charge in [-0.2, -0.15) is 0 Å². The molecule has 2 amide bonds. The van der Waals surface area contributed by atoms with Crippen LogP contribution in [0.5, 0.6) is 11.5 Å². The standard InChI is InChI=1S/C26H23FN4O4/c1-4-15-5-7-21-18(11-15)24(32)23(14(2)31(21)3)26(34)30-16-6-8-22(19(27)12-16)35-17-9-10-29-20(13-17)25(28)33/h5-13H,4H2,1-3H3,(H2,28,33)(H,30,34). The third-order valence-corrected chi connectivity index (χ3v) is 5.80. The molecule has 2 aromatic heterocycles. The van der Waals surface area contributed by atoms with Gasteiger partial charge in [0.1, 0.15) is 17.0 Å². The van der Waals surface area contributed by atoms with Gasteiger partial charge in [0.15, 0.2) is 11.6 Å². The van der Waals surface area contributed by atoms with Crippen LogP contribution in [-0.4, -0.2) is 21.4 Å². The van der Waals surface area contributed by atoms with E-state index in [9.17, 15) is 18.8 Å². The molecule has 8 nitrogen and oxygen atoms in total. The number of halogens is 1. The molecule has 0 saturated heterocycles. The zero-order valence-electron chi connectivity index (χ0n) is 19.4. The zero-order chi connectivity index (χ0) is 25.3. The normalized spacial score (nSPS) is 10.9. The van der Waals surface area contributed by atoms with Crippen LogP contribution >= 0.6 is 0 Å². The third-order valence-electron chi connectivity index (χ3n) is 5.80. The minimum atomic E-state index is -0.754. The van der Waals surface area contributed by atoms with Crippen molar-refractivity contribution in [1.82, 2.24) is 9.55 Å². The van der Waals surface area contributed by atoms with Gasteiger partial charge in [-0.05, 0) is 49.2 Å². The first-order valence-electron chi connectivity index (χ1n) is 10.9. The van der Waals surface area contributed by atoms with Crippen molar-refractivity contribution in [1.29, 1.82) is 0 Å². The minimum absolute atomic E-state index is 0.00949. The number of rotatable bonds is 6. The number of nitrogens with zero attached hydrogens (tertiary/aromatic N) is 2. The molecule has 4 aromatic rings. The number of aromatic nitrogens is 2. The summed E-state index contributed by atoms with van der Waals surface area (Å²) in [6.45, 7) is 3.68. The lowest BCUT2D eigenvalue weighted by Crippen LogP contribution is -2.26. The van der Waals surface area contributed by atoms with Crippen LogP contribution in [0.25, 0.3) is 10.9 Å². The molecule has 2 aromatic carbocycles. The van der Waals surface area contributed by atoms with Gasteiger partial charge in [0.05, 0.1) is 5.52 Å². The number of ether oxygens (including phenoxy) is 1. The smallest absolute Gasteiger partial charge is 0.267 e. The first-order valence-corrected chi connectivity index (χ1v) is 10.9. The van der Waals surface area contributed by atoms with E-state index < -0.39 is 17.6 Å². The highest BCUT2D eigenvalue weighted by molar-refractivity contribution is 6.06. The molecule has 0 aliphatic carbocycles. The first kappa shape index (κ1) is 23.6. The second kappa shape index (κ2) is 9.38. The summed E-state index contributed by atoms with van der Waals surface area (Å²) in [6.07, 6.45) is 2.07. The van der Waals surface area contributed by atoms with Crippen LogP contribution in [0.2, 0.25) is 0 Å². The van der Waals surface area contributed by atoms with E-state index in [-0.39, 0.29) is 33.9 Å². The van der Waals surface area contributed by atoms with Crippen molar-refractivity contribution in [2.24, 2.45) is 12.8 Å². The van der Waals surface area contributed by atoms with E-state index in [1.165, 1.54) is 30.5 Å². The van der Waals surface area contributed by atoms with Crippen LogP contribution < -0.4 is 21.2 Å². The number of carbonyl (C=O) groups excluding carboxylic acids is 2. The molecule has 0 radical (unpaired) electrons. The number of fused-ring (bicyclic) bond motifs is 1. The highest BCUT2D eigenvalue weighted by Crippen LogP contribution is 2.27. The Hall–Kier alpha value is -4.53. The number of pyridine rings is 2. The van der Waals surface area contributed by atoms with E-state index in [0.717, 1.165) is 23.6 Å². The minimum Gasteiger partial charge on any atom is -0.454 e. The van der Waals surface area contributed by atoms with Gasteiger partial charge >= 0.3 is 0 Å². The Morgan fingerprint density at radius 2 is 1.91 bits per heavy atom. The van der Waals surface area contributed by atoms with Gasteiger partial charge in [-0.15, -0.1) is 0 Å². The Balaban J connectivity index is 1.62. The van der Waals surface area contributed by atoms with Gasteiger partial charge in [0, 0.05) is 42.1 Å². The number of primary amides is 1. The van der Waals surface area contributed by atoms with Crippen LogP contribution in [-0.2, 0) is 13.5 Å². The van der Waals surface area contributed by atoms with Gasteiger partial charge in [0.2, 0.25) is 5.43 Å². The van der Waals surface area contributed by atoms with Crippen molar-refractivity contribution < 1.29 is 18.7 Å². The largest absolute Gasteiger partial charge is 0.454 e. The number of anilines is 1. The Labute approximate surface area is 200 Å². The Bertz CT molecular complexity index is 1540. The highest BCUT2D eigenvalue weighted by atomic mass is 19.1. The molecule has 0 aliphatic rings. The van der Waals surface area contributed by atoms with E-state index in [1.54, 1.807) is 24.6 Å². The number of carbonyl (C=O) groups is 2. The average Bonchev–Trinajstić information content (AvgIpc) is 2.84. The van der Waals surface area contributed by atoms with Crippen LogP contribution in [0.4, 0.5) is 10.1 Å². The summed E-state index contributed by atoms with van der Waals surface area (Å²) in [7, 11) is 1.79. The van der Waals surface area contributed by atoms with Crippen molar-refractivity contribution in [3.8, 4) is 11.5 Å². The number of benzene rings is 2. The molecule has 0 fully saturated rings. The molecular weight excluding hydrogens is 451 g/mol. The topological polar surface area (TPSA) is 116 Å². The summed E-state index contributed by atoms with van der Waals surface area (Å²) >= 11 is 0. The lowest BCUT2D eigenvalue weighted by Gasteiger charge is -2.15. The fourth-order valence-electron chi connectivity index (χ4n) is 3.78. The molecule has 0 unspecified atom stereocenters. The molecule has 0 aliphatic heterocycles. The summed E-state index contributed by atoms with van der Waals surface area (Å²) in [4.78, 5) is 41.3. The van der Waals surface area contributed by atoms with E-state index in [0.29, 0.717) is 11.1 Å². The van der Waals surface area contributed by atoms with E-state index in [4.69, 9.17) is 10.5 Å². The lowest BCUT2D eigenvalue weighted by atomic mass is 10.0. The molecule has 2 heterocycles. The van der Waals surface area contributed by atoms with Gasteiger partial charge < -0.3 is 20.4 Å². The number of nitrogens with two attached hydrogens (primary N) is 1. The van der Waals surface area contributed by atoms with E-state index >= 15 is 0 Å². The van der Waals surface area contributed by atoms with Gasteiger partial charge in [-0.25, -0.2) is 4.39 Å². The maximum absolute atomic E-state index is 14.7. The predicted molar refractivity (Wildman–Crippen MR) is 130 cm³/mol. The summed E-state index contributed by atoms with van der Waals surface area (Å²) in [5, 5.41) is 3.05. The van der Waals surface area contributed by atoms with Gasteiger partial charge in [-0.3, -0.25) is 19.4 Å². The molecule has 0 saturated carbocycles. The van der Waals surface area contributed by atoms with Gasteiger partial charge in [-0.1, -0.05) is 13.0 Å². The monoisotopic (exact) mass is 474 g/mol. The average molecular weight is 474 g/mol. The quantitative estimate of drug-likeness (QED) is 0.437. The van der Waals surface area contributed by atoms with Crippen molar-refractivity contribution in [2.45, 2.75) is 20.3 Å². The Morgan fingerprint density at radius 1 is 1.14 bits per heavy atom. The molecule has 3 N–H and O–H groups in total. The number of aryl methyl sites for hydroxylation is 2. The molecule has 35 heavy (non-hydrogen) atoms. The number of hydrogen-bond acceptors (Lipinski definition) is 5. The van der Waals surface area contributed by atoms with Crippen LogP contribution in [0, 0.1) is 12.7 Å². The summed E-state index contributed by atoms with van der Waals surface area (Å²) in [5.41, 5.74) is 7.14. The third kappa shape index (κ3) is 4.61. The number of hydrogen-bond donors (Lipinski definition) is 2. The fraction of sp³-hybridized carbons (Fsp3) is 0.154. The van der Waals surface area contributed by atoms with Crippen LogP contribution in [0.1, 0.15) is 39.0 Å². The second-order valence-electron chi connectivity index (χ2n) is 8.00. The molecule has 9 heteroatoms. The van der Waals surface area contributed by atoms with Crippen molar-refractivity contribution >= 4 is 28.4 Å². The SMILES string of the molecule is CCc1ccc2c(c1)c(=O)c(C(=O)Nc1ccc(Oc3ccnc(C(N)=O)c3)c(F)c1)c(C)n2C. The first-order chi connectivity index (χ1) is 16.7. The molecule has 0 spiro atoms. The number of nitrogens with one attached hydrogen (secondary N) is 1. The second-order valence-corrected chi connectivity index (χ2v) is 8.00. The van der Waals surface area contributed by atoms with Crippen LogP contribution in [0.15, 0.2) is 59.5 Å². The zero-order valence-corrected chi connectivity index (χ0v) is 19.4. The van der Waals surface area contributed by atoms with Crippen molar-refractivity contribution in [3.05, 3.63) is 93.3 Å². The maximum atomic E-state index is 14.7. The lowest BCUT2D eigenvalue weighted by molar-refractivity contribution is 0.0993. The van der Waals surface area contributed by atoms with Crippen molar-refractivity contribution in [2.75, 3.05) is 5.32 Å². The Morgan fingerprint density at radius 3 is 2.60 bits per heavy atom. The highest BCUT2D eigenvalue weighted by Gasteiger charge is 2.20. The maximum Gasteiger partial charge on any atom is 0.267 e. The molecular formula is C26H23FN4O4. The van der Waals surface area contributed by atoms with Gasteiger partial charge in [0.25, 0.3) is 11.8 Å². The molecule has 0 bridgehead atoms. The number of amides is 2. The molecule has 4 rings (SSSR count). The predicted octanol–water partition coefficient (Wildman–Crippen LogP) is 4.09. The summed E-state index contributed by atoms with van der Waals surface area (Å²) < 4.78 is 22.0. The molecule has 0 atom stereocenters. The summed E-state index contributed by atoms with van der Waals surface area (Å²) in [6, 6.07) is 12.2. The van der Waals surface area contributed by atoms with Crippen LogP contribution in [0.3, 0.4) is 0 Å².